The Morgan fingerprint density at radius 3 is 2.53 bits per heavy atom. The van der Waals surface area contributed by atoms with Gasteiger partial charge in [-0.2, -0.15) is 0 Å². The number of benzene rings is 1. The Kier molecular flexibility index (Phi) is 5.78. The van der Waals surface area contributed by atoms with Gasteiger partial charge in [-0.15, -0.1) is 0 Å². The predicted octanol–water partition coefficient (Wildman–Crippen LogP) is 1.41. The van der Waals surface area contributed by atoms with Crippen molar-refractivity contribution in [2.75, 3.05) is 12.9 Å². The third kappa shape index (κ3) is 4.19. The topological polar surface area (TPSA) is 81.4 Å². The van der Waals surface area contributed by atoms with E-state index in [-0.39, 0.29) is 0 Å². The number of para-hydroxylation sites is 1. The fourth-order valence-corrected chi connectivity index (χ4v) is 2.53. The molecule has 0 aliphatic carbocycles. The monoisotopic (exact) mass is 286 g/mol. The van der Waals surface area contributed by atoms with Crippen LogP contribution in [0.15, 0.2) is 24.3 Å². The zero-order chi connectivity index (χ0) is 14.5. The predicted molar refractivity (Wildman–Crippen MR) is 76.6 cm³/mol. The van der Waals surface area contributed by atoms with Gasteiger partial charge in [-0.25, -0.2) is 8.42 Å². The zero-order valence-electron chi connectivity index (χ0n) is 11.6. The highest BCUT2D eigenvalue weighted by Gasteiger charge is 2.28. The minimum atomic E-state index is -3.20. The molecule has 19 heavy (non-hydrogen) atoms. The molecular weight excluding hydrogens is 264 g/mol. The van der Waals surface area contributed by atoms with Crippen molar-refractivity contribution in [2.45, 2.75) is 31.6 Å². The van der Waals surface area contributed by atoms with Crippen LogP contribution >= 0.6 is 0 Å². The normalized spacial score (nSPS) is 14.9. The van der Waals surface area contributed by atoms with Gasteiger partial charge in [0.15, 0.2) is 9.84 Å². The molecule has 108 valence electrons. The SMILES string of the molecule is CCCOc1ccccc1C(NN)C(C)S(C)(=O)=O. The number of nitrogens with one attached hydrogen (secondary N) is 1. The molecule has 0 saturated carbocycles. The average molecular weight is 286 g/mol. The largest absolute Gasteiger partial charge is 0.493 e. The first-order valence-corrected chi connectivity index (χ1v) is 8.24. The molecule has 2 atom stereocenters. The Morgan fingerprint density at radius 1 is 1.37 bits per heavy atom. The summed E-state index contributed by atoms with van der Waals surface area (Å²) in [5, 5.41) is -0.635. The summed E-state index contributed by atoms with van der Waals surface area (Å²) in [5.74, 6) is 6.20. The number of hydrogen-bond donors (Lipinski definition) is 2. The smallest absolute Gasteiger partial charge is 0.151 e. The second kappa shape index (κ2) is 6.88. The third-order valence-corrected chi connectivity index (χ3v) is 4.66. The Labute approximate surface area is 115 Å². The standard InChI is InChI=1S/C13H22N2O3S/c1-4-9-18-12-8-6-5-7-11(12)13(15-14)10(2)19(3,16)17/h5-8,10,13,15H,4,9,14H2,1-3H3. The molecule has 2 unspecified atom stereocenters. The summed E-state index contributed by atoms with van der Waals surface area (Å²) in [6.45, 7) is 4.23. The Morgan fingerprint density at radius 2 is 2.00 bits per heavy atom. The summed E-state index contributed by atoms with van der Waals surface area (Å²) in [7, 11) is -3.20. The van der Waals surface area contributed by atoms with E-state index in [2.05, 4.69) is 5.43 Å². The Hall–Kier alpha value is -1.11. The molecule has 1 aromatic rings. The lowest BCUT2D eigenvalue weighted by atomic mass is 10.0. The zero-order valence-corrected chi connectivity index (χ0v) is 12.4. The summed E-state index contributed by atoms with van der Waals surface area (Å²) in [6.07, 6.45) is 2.09. The fourth-order valence-electron chi connectivity index (χ4n) is 1.81. The van der Waals surface area contributed by atoms with Crippen LogP contribution in [0.3, 0.4) is 0 Å². The minimum absolute atomic E-state index is 0.497. The molecule has 0 aliphatic rings. The van der Waals surface area contributed by atoms with Gasteiger partial charge < -0.3 is 4.74 Å². The summed E-state index contributed by atoms with van der Waals surface area (Å²) in [5.41, 5.74) is 3.34. The van der Waals surface area contributed by atoms with E-state index in [1.807, 2.05) is 31.2 Å². The van der Waals surface area contributed by atoms with E-state index in [1.54, 1.807) is 6.92 Å². The first-order valence-electron chi connectivity index (χ1n) is 6.28. The molecule has 0 aromatic heterocycles. The molecule has 3 N–H and O–H groups in total. The summed E-state index contributed by atoms with van der Waals surface area (Å²) >= 11 is 0. The van der Waals surface area contributed by atoms with Gasteiger partial charge in [0.1, 0.15) is 5.75 Å². The average Bonchev–Trinajstić information content (AvgIpc) is 2.37. The maximum atomic E-state index is 11.7. The molecule has 0 spiro atoms. The van der Waals surface area contributed by atoms with Gasteiger partial charge in [-0.1, -0.05) is 25.1 Å². The van der Waals surface area contributed by atoms with Crippen molar-refractivity contribution in [1.82, 2.24) is 5.43 Å². The van der Waals surface area contributed by atoms with E-state index in [1.165, 1.54) is 6.26 Å². The lowest BCUT2D eigenvalue weighted by Crippen LogP contribution is -2.39. The van der Waals surface area contributed by atoms with Crippen molar-refractivity contribution in [1.29, 1.82) is 0 Å². The summed E-state index contributed by atoms with van der Waals surface area (Å²) in [6, 6.07) is 6.85. The minimum Gasteiger partial charge on any atom is -0.493 e. The molecule has 0 radical (unpaired) electrons. The number of ether oxygens (including phenoxy) is 1. The molecule has 1 rings (SSSR count). The number of hydrazine groups is 1. The molecular formula is C13H22N2O3S. The van der Waals surface area contributed by atoms with Gasteiger partial charge in [0.05, 0.1) is 17.9 Å². The maximum Gasteiger partial charge on any atom is 0.151 e. The van der Waals surface area contributed by atoms with Crippen LogP contribution in [0, 0.1) is 0 Å². The van der Waals surface area contributed by atoms with Crippen LogP contribution in [0.5, 0.6) is 5.75 Å². The highest BCUT2D eigenvalue weighted by molar-refractivity contribution is 7.91. The number of hydrogen-bond acceptors (Lipinski definition) is 5. The van der Waals surface area contributed by atoms with Crippen molar-refractivity contribution in [3.8, 4) is 5.75 Å². The van der Waals surface area contributed by atoms with Crippen molar-refractivity contribution in [3.63, 3.8) is 0 Å². The number of nitrogens with two attached hydrogens (primary N) is 1. The van der Waals surface area contributed by atoms with Crippen LogP contribution in [-0.4, -0.2) is 26.5 Å². The summed E-state index contributed by atoms with van der Waals surface area (Å²) in [4.78, 5) is 0. The van der Waals surface area contributed by atoms with Gasteiger partial charge >= 0.3 is 0 Å². The highest BCUT2D eigenvalue weighted by Crippen LogP contribution is 2.29. The first-order chi connectivity index (χ1) is 8.91. The molecule has 0 bridgehead atoms. The highest BCUT2D eigenvalue weighted by atomic mass is 32.2. The maximum absolute atomic E-state index is 11.7. The van der Waals surface area contributed by atoms with E-state index in [4.69, 9.17) is 10.6 Å². The van der Waals surface area contributed by atoms with Crippen LogP contribution in [0.4, 0.5) is 0 Å². The van der Waals surface area contributed by atoms with Gasteiger partial charge in [0, 0.05) is 11.8 Å². The van der Waals surface area contributed by atoms with Crippen molar-refractivity contribution < 1.29 is 13.2 Å². The van der Waals surface area contributed by atoms with Gasteiger partial charge in [-0.3, -0.25) is 11.3 Å². The van der Waals surface area contributed by atoms with Crippen LogP contribution in [0.2, 0.25) is 0 Å². The van der Waals surface area contributed by atoms with Gasteiger partial charge in [-0.05, 0) is 19.4 Å². The van der Waals surface area contributed by atoms with Crippen molar-refractivity contribution in [3.05, 3.63) is 29.8 Å². The van der Waals surface area contributed by atoms with Crippen LogP contribution in [0.1, 0.15) is 31.9 Å². The van der Waals surface area contributed by atoms with E-state index in [9.17, 15) is 8.42 Å². The van der Waals surface area contributed by atoms with Crippen molar-refractivity contribution in [2.24, 2.45) is 5.84 Å². The molecule has 6 heteroatoms. The lowest BCUT2D eigenvalue weighted by molar-refractivity contribution is 0.309. The number of rotatable bonds is 7. The van der Waals surface area contributed by atoms with Crippen LogP contribution < -0.4 is 16.0 Å². The van der Waals surface area contributed by atoms with Crippen molar-refractivity contribution >= 4 is 9.84 Å². The Balaban J connectivity index is 3.11. The molecule has 0 aliphatic heterocycles. The van der Waals surface area contributed by atoms with E-state index in [0.717, 1.165) is 12.0 Å². The molecule has 0 saturated heterocycles. The van der Waals surface area contributed by atoms with E-state index >= 15 is 0 Å². The quantitative estimate of drug-likeness (QED) is 0.585. The van der Waals surface area contributed by atoms with Gasteiger partial charge in [0.25, 0.3) is 0 Å². The second-order valence-electron chi connectivity index (χ2n) is 4.57. The van der Waals surface area contributed by atoms with E-state index in [0.29, 0.717) is 12.4 Å². The van der Waals surface area contributed by atoms with Crippen LogP contribution in [-0.2, 0) is 9.84 Å². The first kappa shape index (κ1) is 15.9. The van der Waals surface area contributed by atoms with Gasteiger partial charge in [0.2, 0.25) is 0 Å². The fraction of sp³-hybridized carbons (Fsp3) is 0.538. The lowest BCUT2D eigenvalue weighted by Gasteiger charge is -2.24. The molecule has 5 nitrogen and oxygen atoms in total. The Bertz CT molecular complexity index is 502. The molecule has 0 amide bonds. The third-order valence-electron chi connectivity index (χ3n) is 3.04. The number of sulfone groups is 1. The van der Waals surface area contributed by atoms with E-state index < -0.39 is 21.1 Å². The molecule has 1 aromatic carbocycles. The van der Waals surface area contributed by atoms with Crippen LogP contribution in [0.25, 0.3) is 0 Å². The second-order valence-corrected chi connectivity index (χ2v) is 6.97. The summed E-state index contributed by atoms with van der Waals surface area (Å²) < 4.78 is 29.0. The molecule has 0 heterocycles. The molecule has 0 fully saturated rings.